The zero-order chi connectivity index (χ0) is 15.6. The van der Waals surface area contributed by atoms with Crippen LogP contribution in [0.4, 0.5) is 0 Å². The molecule has 0 fully saturated rings. The van der Waals surface area contributed by atoms with Crippen molar-refractivity contribution < 1.29 is 9.90 Å². The number of carboxylic acid groups (broad SMARTS) is 1. The van der Waals surface area contributed by atoms with E-state index in [1.54, 1.807) is 0 Å². The Balaban J connectivity index is 2.30. The molecule has 0 unspecified atom stereocenters. The number of aliphatic carboxylic acids is 1. The molecule has 1 aromatic heterocycles. The first-order valence-corrected chi connectivity index (χ1v) is 7.26. The predicted molar refractivity (Wildman–Crippen MR) is 83.5 cm³/mol. The highest BCUT2D eigenvalue weighted by molar-refractivity contribution is 5.70. The summed E-state index contributed by atoms with van der Waals surface area (Å²) in [5.74, 6) is -0.759. The third-order valence-corrected chi connectivity index (χ3v) is 3.65. The zero-order valence-electron chi connectivity index (χ0n) is 13.1. The molecule has 0 saturated heterocycles. The van der Waals surface area contributed by atoms with Gasteiger partial charge in [-0.1, -0.05) is 18.2 Å². The molecule has 0 amide bonds. The summed E-state index contributed by atoms with van der Waals surface area (Å²) in [6.07, 6.45) is 2.82. The van der Waals surface area contributed by atoms with Crippen LogP contribution in [-0.2, 0) is 11.2 Å². The van der Waals surface area contributed by atoms with Crippen molar-refractivity contribution >= 4 is 5.97 Å². The van der Waals surface area contributed by atoms with Crippen LogP contribution in [0.25, 0.3) is 11.1 Å². The van der Waals surface area contributed by atoms with Crippen molar-refractivity contribution in [3.05, 3.63) is 41.2 Å². The average Bonchev–Trinajstić information content (AvgIpc) is 2.79. The van der Waals surface area contributed by atoms with Crippen LogP contribution in [0.1, 0.15) is 43.1 Å². The minimum Gasteiger partial charge on any atom is -0.481 e. The Bertz CT molecular complexity index is 657. The van der Waals surface area contributed by atoms with Crippen molar-refractivity contribution in [1.29, 1.82) is 0 Å². The molecule has 1 N–H and O–H groups in total. The fourth-order valence-electron chi connectivity index (χ4n) is 2.45. The van der Waals surface area contributed by atoms with E-state index in [1.165, 1.54) is 5.56 Å². The third-order valence-electron chi connectivity index (χ3n) is 3.65. The van der Waals surface area contributed by atoms with Gasteiger partial charge in [-0.15, -0.1) is 0 Å². The summed E-state index contributed by atoms with van der Waals surface area (Å²) in [4.78, 5) is 10.6. The maximum absolute atomic E-state index is 10.6. The summed E-state index contributed by atoms with van der Waals surface area (Å²) in [5.41, 5.74) is 5.55. The summed E-state index contributed by atoms with van der Waals surface area (Å²) >= 11 is 0. The molecule has 0 aliphatic rings. The molecular formula is C17H22N2O2. The summed E-state index contributed by atoms with van der Waals surface area (Å²) in [6.45, 7) is 8.30. The largest absolute Gasteiger partial charge is 0.481 e. The van der Waals surface area contributed by atoms with Crippen molar-refractivity contribution in [1.82, 2.24) is 9.78 Å². The Hall–Kier alpha value is -2.10. The molecular weight excluding hydrogens is 264 g/mol. The van der Waals surface area contributed by atoms with E-state index in [0.29, 0.717) is 12.5 Å². The lowest BCUT2D eigenvalue weighted by Crippen LogP contribution is -2.00. The molecule has 0 bridgehead atoms. The van der Waals surface area contributed by atoms with Gasteiger partial charge in [0, 0.05) is 24.2 Å². The van der Waals surface area contributed by atoms with Crippen LogP contribution in [0.2, 0.25) is 0 Å². The number of carboxylic acids is 1. The van der Waals surface area contributed by atoms with Crippen LogP contribution in [0.3, 0.4) is 0 Å². The van der Waals surface area contributed by atoms with Crippen LogP contribution >= 0.6 is 0 Å². The van der Waals surface area contributed by atoms with Gasteiger partial charge in [0.2, 0.25) is 0 Å². The summed E-state index contributed by atoms with van der Waals surface area (Å²) in [5, 5.41) is 13.3. The molecule has 112 valence electrons. The molecule has 0 aliphatic carbocycles. The minimum absolute atomic E-state index is 0.170. The quantitative estimate of drug-likeness (QED) is 0.910. The van der Waals surface area contributed by atoms with Crippen molar-refractivity contribution in [2.24, 2.45) is 0 Å². The molecule has 0 spiro atoms. The van der Waals surface area contributed by atoms with Gasteiger partial charge >= 0.3 is 5.97 Å². The fourth-order valence-corrected chi connectivity index (χ4v) is 2.45. The SMILES string of the molecule is Cc1cc(CCC(=O)O)ccc1-c1cn(C(C)C)nc1C. The van der Waals surface area contributed by atoms with E-state index in [-0.39, 0.29) is 6.42 Å². The van der Waals surface area contributed by atoms with Crippen molar-refractivity contribution in [3.63, 3.8) is 0 Å². The number of hydrogen-bond acceptors (Lipinski definition) is 2. The average molecular weight is 286 g/mol. The Kier molecular flexibility index (Phi) is 4.46. The Morgan fingerprint density at radius 1 is 1.29 bits per heavy atom. The van der Waals surface area contributed by atoms with Gasteiger partial charge in [-0.25, -0.2) is 0 Å². The number of aromatic nitrogens is 2. The van der Waals surface area contributed by atoms with Gasteiger partial charge in [-0.05, 0) is 50.8 Å². The summed E-state index contributed by atoms with van der Waals surface area (Å²) in [6, 6.07) is 6.50. The number of nitrogens with zero attached hydrogens (tertiary/aromatic N) is 2. The number of rotatable bonds is 5. The van der Waals surface area contributed by atoms with Crippen LogP contribution in [-0.4, -0.2) is 20.9 Å². The third kappa shape index (κ3) is 3.51. The number of carbonyl (C=O) groups is 1. The highest BCUT2D eigenvalue weighted by atomic mass is 16.4. The molecule has 21 heavy (non-hydrogen) atoms. The van der Waals surface area contributed by atoms with Gasteiger partial charge in [0.1, 0.15) is 0 Å². The molecule has 2 rings (SSSR count). The van der Waals surface area contributed by atoms with Gasteiger partial charge in [-0.3, -0.25) is 9.48 Å². The van der Waals surface area contributed by atoms with Gasteiger partial charge in [0.15, 0.2) is 0 Å². The van der Waals surface area contributed by atoms with Crippen LogP contribution in [0, 0.1) is 13.8 Å². The lowest BCUT2D eigenvalue weighted by Gasteiger charge is -2.08. The van der Waals surface area contributed by atoms with Gasteiger partial charge in [-0.2, -0.15) is 5.10 Å². The lowest BCUT2D eigenvalue weighted by molar-refractivity contribution is -0.136. The fraction of sp³-hybridized carbons (Fsp3) is 0.412. The first-order chi connectivity index (χ1) is 9.88. The maximum atomic E-state index is 10.6. The van der Waals surface area contributed by atoms with Crippen LogP contribution < -0.4 is 0 Å². The molecule has 1 heterocycles. The standard InChI is InChI=1S/C17H22N2O2/c1-11(2)19-10-16(13(4)18-19)15-7-5-14(9-12(15)3)6-8-17(20)21/h5,7,9-11H,6,8H2,1-4H3,(H,20,21). The maximum Gasteiger partial charge on any atom is 0.303 e. The van der Waals surface area contributed by atoms with E-state index in [1.807, 2.05) is 17.7 Å². The zero-order valence-corrected chi connectivity index (χ0v) is 13.1. The number of aryl methyl sites for hydroxylation is 3. The molecule has 0 saturated carbocycles. The second kappa shape index (κ2) is 6.12. The topological polar surface area (TPSA) is 55.1 Å². The Labute approximate surface area is 125 Å². The molecule has 0 atom stereocenters. The first-order valence-electron chi connectivity index (χ1n) is 7.26. The number of benzene rings is 1. The minimum atomic E-state index is -0.759. The highest BCUT2D eigenvalue weighted by Crippen LogP contribution is 2.28. The van der Waals surface area contributed by atoms with Gasteiger partial charge in [0.05, 0.1) is 5.69 Å². The monoisotopic (exact) mass is 286 g/mol. The normalized spacial score (nSPS) is 11.1. The molecule has 4 heteroatoms. The first kappa shape index (κ1) is 15.3. The predicted octanol–water partition coefficient (Wildman–Crippen LogP) is 3.77. The van der Waals surface area contributed by atoms with Crippen molar-refractivity contribution in [3.8, 4) is 11.1 Å². The summed E-state index contributed by atoms with van der Waals surface area (Å²) < 4.78 is 1.97. The molecule has 4 nitrogen and oxygen atoms in total. The van der Waals surface area contributed by atoms with E-state index >= 15 is 0 Å². The van der Waals surface area contributed by atoms with E-state index in [4.69, 9.17) is 5.11 Å². The van der Waals surface area contributed by atoms with Gasteiger partial charge < -0.3 is 5.11 Å². The van der Waals surface area contributed by atoms with E-state index in [2.05, 4.69) is 44.2 Å². The second-order valence-corrected chi connectivity index (χ2v) is 5.74. The lowest BCUT2D eigenvalue weighted by atomic mass is 9.97. The van der Waals surface area contributed by atoms with Gasteiger partial charge in [0.25, 0.3) is 0 Å². The van der Waals surface area contributed by atoms with Crippen molar-refractivity contribution in [2.75, 3.05) is 0 Å². The molecule has 0 aliphatic heterocycles. The highest BCUT2D eigenvalue weighted by Gasteiger charge is 2.11. The number of hydrogen-bond donors (Lipinski definition) is 1. The van der Waals surface area contributed by atoms with E-state index in [9.17, 15) is 4.79 Å². The Morgan fingerprint density at radius 2 is 2.00 bits per heavy atom. The molecule has 0 radical (unpaired) electrons. The second-order valence-electron chi connectivity index (χ2n) is 5.74. The smallest absolute Gasteiger partial charge is 0.303 e. The van der Waals surface area contributed by atoms with E-state index in [0.717, 1.165) is 22.4 Å². The van der Waals surface area contributed by atoms with Crippen LogP contribution in [0.5, 0.6) is 0 Å². The van der Waals surface area contributed by atoms with Crippen molar-refractivity contribution in [2.45, 2.75) is 46.6 Å². The van der Waals surface area contributed by atoms with Crippen LogP contribution in [0.15, 0.2) is 24.4 Å². The molecule has 1 aromatic carbocycles. The summed E-state index contributed by atoms with van der Waals surface area (Å²) in [7, 11) is 0. The van der Waals surface area contributed by atoms with E-state index < -0.39 is 5.97 Å². The molecule has 2 aromatic rings. The Morgan fingerprint density at radius 3 is 2.52 bits per heavy atom.